The summed E-state index contributed by atoms with van der Waals surface area (Å²) in [5, 5.41) is 18.5. The summed E-state index contributed by atoms with van der Waals surface area (Å²) in [7, 11) is 1.63. The van der Waals surface area contributed by atoms with E-state index in [0.29, 0.717) is 19.5 Å². The zero-order valence-electron chi connectivity index (χ0n) is 14.1. The van der Waals surface area contributed by atoms with Crippen molar-refractivity contribution in [1.29, 1.82) is 0 Å². The van der Waals surface area contributed by atoms with Crippen LogP contribution in [0.4, 0.5) is 0 Å². The monoisotopic (exact) mass is 335 g/mol. The fourth-order valence-electron chi connectivity index (χ4n) is 2.81. The Hall–Kier alpha value is -1.89. The Morgan fingerprint density at radius 2 is 1.92 bits per heavy atom. The van der Waals surface area contributed by atoms with E-state index in [1.165, 1.54) is 0 Å². The van der Waals surface area contributed by atoms with Crippen molar-refractivity contribution < 1.29 is 24.5 Å². The normalized spacial score (nSPS) is 21.7. The van der Waals surface area contributed by atoms with E-state index >= 15 is 0 Å². The predicted molar refractivity (Wildman–Crippen MR) is 89.9 cm³/mol. The zero-order chi connectivity index (χ0) is 17.5. The predicted octanol–water partition coefficient (Wildman–Crippen LogP) is 0.765. The average molecular weight is 335 g/mol. The highest BCUT2D eigenvalue weighted by Gasteiger charge is 2.29. The molecule has 24 heavy (non-hydrogen) atoms. The summed E-state index contributed by atoms with van der Waals surface area (Å²) in [6, 6.07) is 7.71. The summed E-state index contributed by atoms with van der Waals surface area (Å²) >= 11 is 0. The van der Waals surface area contributed by atoms with Gasteiger partial charge in [-0.2, -0.15) is 0 Å². The third-order valence-corrected chi connectivity index (χ3v) is 3.98. The molecule has 6 heteroatoms. The van der Waals surface area contributed by atoms with E-state index in [4.69, 9.17) is 9.47 Å². The first-order valence-corrected chi connectivity index (χ1v) is 8.02. The van der Waals surface area contributed by atoms with Gasteiger partial charge in [-0.25, -0.2) is 0 Å². The second kappa shape index (κ2) is 8.82. The molecule has 1 saturated heterocycles. The molecule has 0 radical (unpaired) electrons. The molecule has 1 aliphatic heterocycles. The number of morpholine rings is 1. The zero-order valence-corrected chi connectivity index (χ0v) is 14.1. The first kappa shape index (κ1) is 18.4. The summed E-state index contributed by atoms with van der Waals surface area (Å²) in [5.41, 5.74) is 1.93. The number of nitrogens with zero attached hydrogens (tertiary/aromatic N) is 1. The second-order valence-corrected chi connectivity index (χ2v) is 5.97. The van der Waals surface area contributed by atoms with Crippen molar-refractivity contribution in [3.05, 3.63) is 41.5 Å². The van der Waals surface area contributed by atoms with Gasteiger partial charge in [-0.1, -0.05) is 23.8 Å². The molecule has 1 amide bonds. The highest BCUT2D eigenvalue weighted by molar-refractivity contribution is 5.88. The third kappa shape index (κ3) is 4.80. The summed E-state index contributed by atoms with van der Waals surface area (Å²) in [5.74, 6) is 0.660. The number of hydrogen-bond acceptors (Lipinski definition) is 5. The first-order valence-electron chi connectivity index (χ1n) is 8.02. The number of rotatable bonds is 6. The number of ether oxygens (including phenoxy) is 2. The van der Waals surface area contributed by atoms with Crippen molar-refractivity contribution in [1.82, 2.24) is 4.90 Å². The van der Waals surface area contributed by atoms with Gasteiger partial charge in [0, 0.05) is 19.2 Å². The summed E-state index contributed by atoms with van der Waals surface area (Å²) in [4.78, 5) is 14.1. The molecule has 0 spiro atoms. The Morgan fingerprint density at radius 3 is 2.50 bits per heavy atom. The van der Waals surface area contributed by atoms with Gasteiger partial charge in [-0.3, -0.25) is 4.79 Å². The van der Waals surface area contributed by atoms with Crippen LogP contribution < -0.4 is 4.74 Å². The van der Waals surface area contributed by atoms with Crippen LogP contribution in [0.25, 0.3) is 0 Å². The Labute approximate surface area is 142 Å². The lowest BCUT2D eigenvalue weighted by molar-refractivity contribution is -0.148. The van der Waals surface area contributed by atoms with Crippen LogP contribution in [0.5, 0.6) is 5.75 Å². The maximum atomic E-state index is 12.5. The van der Waals surface area contributed by atoms with E-state index in [-0.39, 0.29) is 19.1 Å². The van der Waals surface area contributed by atoms with E-state index < -0.39 is 12.2 Å². The molecule has 1 fully saturated rings. The van der Waals surface area contributed by atoms with Gasteiger partial charge in [-0.05, 0) is 25.0 Å². The molecule has 132 valence electrons. The van der Waals surface area contributed by atoms with Crippen LogP contribution in [0.3, 0.4) is 0 Å². The molecule has 0 aromatic heterocycles. The number of aliphatic hydroxyl groups excluding tert-OH is 2. The number of para-hydroxylation sites is 1. The molecule has 0 bridgehead atoms. The van der Waals surface area contributed by atoms with Gasteiger partial charge < -0.3 is 24.6 Å². The number of benzene rings is 1. The van der Waals surface area contributed by atoms with E-state index in [1.807, 2.05) is 31.2 Å². The maximum Gasteiger partial charge on any atom is 0.246 e. The highest BCUT2D eigenvalue weighted by Crippen LogP contribution is 2.21. The molecule has 1 aromatic carbocycles. The molecule has 2 rings (SSSR count). The molecule has 2 atom stereocenters. The van der Waals surface area contributed by atoms with Gasteiger partial charge in [0.1, 0.15) is 5.75 Å². The van der Waals surface area contributed by atoms with Crippen LogP contribution in [0.2, 0.25) is 0 Å². The van der Waals surface area contributed by atoms with Crippen molar-refractivity contribution in [3.8, 4) is 5.75 Å². The molecule has 0 unspecified atom stereocenters. The van der Waals surface area contributed by atoms with E-state index in [2.05, 4.69) is 0 Å². The van der Waals surface area contributed by atoms with Crippen molar-refractivity contribution >= 4 is 5.91 Å². The Kier molecular flexibility index (Phi) is 6.78. The van der Waals surface area contributed by atoms with E-state index in [0.717, 1.165) is 16.9 Å². The van der Waals surface area contributed by atoms with Crippen molar-refractivity contribution in [3.63, 3.8) is 0 Å². The Morgan fingerprint density at radius 1 is 1.29 bits per heavy atom. The van der Waals surface area contributed by atoms with Gasteiger partial charge in [-0.15, -0.1) is 0 Å². The topological polar surface area (TPSA) is 79.2 Å². The lowest BCUT2D eigenvalue weighted by atomic mass is 10.0. The average Bonchev–Trinajstić information content (AvgIpc) is 2.61. The standard InChI is InChI=1S/C18H25NO5/c1-13(7-14-5-3-4-6-17(14)23-2)8-18(22)19-9-15(11-20)24-16(10-19)12-21/h3-6,8,15-16,20-21H,7,9-12H2,1-2H3/b13-8+/t15-,16+. The van der Waals surface area contributed by atoms with Gasteiger partial charge in [0.05, 0.1) is 32.5 Å². The number of carbonyl (C=O) groups excluding carboxylic acids is 1. The van der Waals surface area contributed by atoms with Crippen LogP contribution in [-0.4, -0.2) is 66.6 Å². The molecule has 6 nitrogen and oxygen atoms in total. The Balaban J connectivity index is 2.04. The highest BCUT2D eigenvalue weighted by atomic mass is 16.5. The lowest BCUT2D eigenvalue weighted by Crippen LogP contribution is -2.52. The minimum atomic E-state index is -0.456. The molecule has 1 heterocycles. The van der Waals surface area contributed by atoms with Crippen LogP contribution in [0.1, 0.15) is 12.5 Å². The smallest absolute Gasteiger partial charge is 0.246 e. The molecule has 0 aliphatic carbocycles. The third-order valence-electron chi connectivity index (χ3n) is 3.98. The van der Waals surface area contributed by atoms with Crippen LogP contribution >= 0.6 is 0 Å². The fourth-order valence-corrected chi connectivity index (χ4v) is 2.81. The van der Waals surface area contributed by atoms with E-state index in [1.54, 1.807) is 18.1 Å². The number of aliphatic hydroxyl groups is 2. The number of methoxy groups -OCH3 is 1. The Bertz CT molecular complexity index is 575. The number of allylic oxidation sites excluding steroid dienone is 1. The molecule has 0 saturated carbocycles. The van der Waals surface area contributed by atoms with Crippen LogP contribution in [0.15, 0.2) is 35.9 Å². The van der Waals surface area contributed by atoms with Gasteiger partial charge in [0.2, 0.25) is 5.91 Å². The van der Waals surface area contributed by atoms with Gasteiger partial charge in [0.25, 0.3) is 0 Å². The first-order chi connectivity index (χ1) is 11.6. The van der Waals surface area contributed by atoms with Crippen molar-refractivity contribution in [2.24, 2.45) is 0 Å². The molecular weight excluding hydrogens is 310 g/mol. The quantitative estimate of drug-likeness (QED) is 0.751. The van der Waals surface area contributed by atoms with Crippen LogP contribution in [0, 0.1) is 0 Å². The molecule has 1 aliphatic rings. The van der Waals surface area contributed by atoms with E-state index in [9.17, 15) is 15.0 Å². The van der Waals surface area contributed by atoms with Gasteiger partial charge >= 0.3 is 0 Å². The number of hydrogen-bond donors (Lipinski definition) is 2. The lowest BCUT2D eigenvalue weighted by Gasteiger charge is -2.36. The molecule has 1 aromatic rings. The fraction of sp³-hybridized carbons (Fsp3) is 0.500. The van der Waals surface area contributed by atoms with Crippen molar-refractivity contribution in [2.75, 3.05) is 33.4 Å². The summed E-state index contributed by atoms with van der Waals surface area (Å²) < 4.78 is 10.8. The minimum Gasteiger partial charge on any atom is -0.496 e. The number of carbonyl (C=O) groups is 1. The largest absolute Gasteiger partial charge is 0.496 e. The summed E-state index contributed by atoms with van der Waals surface area (Å²) in [6.07, 6.45) is 1.30. The second-order valence-electron chi connectivity index (χ2n) is 5.97. The number of amides is 1. The molecule has 2 N–H and O–H groups in total. The van der Waals surface area contributed by atoms with Gasteiger partial charge in [0.15, 0.2) is 0 Å². The van der Waals surface area contributed by atoms with Crippen LogP contribution in [-0.2, 0) is 16.0 Å². The SMILES string of the molecule is COc1ccccc1C/C(C)=C/C(=O)N1C[C@@H](CO)O[C@@H](CO)C1. The maximum absolute atomic E-state index is 12.5. The molecular formula is C18H25NO5. The minimum absolute atomic E-state index is 0.136. The van der Waals surface area contributed by atoms with Crippen molar-refractivity contribution in [2.45, 2.75) is 25.6 Å². The summed E-state index contributed by atoms with van der Waals surface area (Å²) in [6.45, 7) is 2.20.